The van der Waals surface area contributed by atoms with E-state index in [1.165, 1.54) is 11.3 Å². The van der Waals surface area contributed by atoms with E-state index in [0.29, 0.717) is 30.9 Å². The molecule has 2 aromatic carbocycles. The number of carbonyl (C=O) groups is 1. The second-order valence-electron chi connectivity index (χ2n) is 9.65. The third-order valence-corrected chi connectivity index (χ3v) is 7.28. The fourth-order valence-electron chi connectivity index (χ4n) is 4.00. The summed E-state index contributed by atoms with van der Waals surface area (Å²) in [7, 11) is 3.28. The Morgan fingerprint density at radius 1 is 0.943 bits per heavy atom. The van der Waals surface area contributed by atoms with Gasteiger partial charge in [-0.25, -0.2) is 9.78 Å². The molecule has 0 bridgehead atoms. The smallest absolute Gasteiger partial charge is 0.410 e. The van der Waals surface area contributed by atoms with E-state index in [4.69, 9.17) is 19.2 Å². The first-order valence-corrected chi connectivity index (χ1v) is 12.4. The number of rotatable bonds is 5. The molecule has 1 saturated heterocycles. The Bertz CT molecular complexity index is 1090. The van der Waals surface area contributed by atoms with Crippen molar-refractivity contribution in [2.75, 3.05) is 27.3 Å². The fourth-order valence-corrected chi connectivity index (χ4v) is 5.24. The van der Waals surface area contributed by atoms with Crippen molar-refractivity contribution in [3.8, 4) is 33.2 Å². The average Bonchev–Trinajstić information content (AvgIpc) is 3.30. The molecular weight excluding hydrogens is 464 g/mol. The molecular formula is C27H32N2O5S. The lowest BCUT2D eigenvalue weighted by Gasteiger charge is -2.37. The lowest BCUT2D eigenvalue weighted by molar-refractivity contribution is -0.0356. The summed E-state index contributed by atoms with van der Waals surface area (Å²) in [6.45, 7) is 6.36. The van der Waals surface area contributed by atoms with Gasteiger partial charge in [0, 0.05) is 31.5 Å². The molecule has 8 heteroatoms. The predicted molar refractivity (Wildman–Crippen MR) is 137 cm³/mol. The van der Waals surface area contributed by atoms with Crippen LogP contribution < -0.4 is 9.47 Å². The number of aromatic nitrogens is 1. The van der Waals surface area contributed by atoms with Gasteiger partial charge in [0.2, 0.25) is 0 Å². The summed E-state index contributed by atoms with van der Waals surface area (Å²) in [6.07, 6.45) is 0.435. The van der Waals surface area contributed by atoms with E-state index in [2.05, 4.69) is 0 Å². The van der Waals surface area contributed by atoms with Gasteiger partial charge in [0.25, 0.3) is 0 Å². The van der Waals surface area contributed by atoms with Crippen LogP contribution in [0.25, 0.3) is 21.7 Å². The first kappa shape index (κ1) is 25.0. The Balaban J connectivity index is 1.65. The molecule has 1 aliphatic rings. The van der Waals surface area contributed by atoms with E-state index in [0.717, 1.165) is 33.2 Å². The SMILES string of the molecule is COc1ccc(-c2nc(C3(O)CCN(C(=O)OC(C)(C)C)CC3)sc2-c2ccc(OC)cc2)cc1. The van der Waals surface area contributed by atoms with E-state index in [9.17, 15) is 9.90 Å². The molecule has 1 fully saturated rings. The van der Waals surface area contributed by atoms with E-state index in [1.54, 1.807) is 19.1 Å². The van der Waals surface area contributed by atoms with Gasteiger partial charge in [0.05, 0.1) is 24.8 Å². The molecule has 1 aliphatic heterocycles. The molecule has 1 amide bonds. The number of benzene rings is 2. The zero-order chi connectivity index (χ0) is 25.2. The van der Waals surface area contributed by atoms with Crippen LogP contribution in [0, 0.1) is 0 Å². The molecule has 0 aliphatic carbocycles. The first-order chi connectivity index (χ1) is 16.6. The van der Waals surface area contributed by atoms with Crippen molar-refractivity contribution in [2.45, 2.75) is 44.8 Å². The molecule has 0 saturated carbocycles. The molecule has 0 spiro atoms. The predicted octanol–water partition coefficient (Wildman–Crippen LogP) is 5.71. The number of ether oxygens (including phenoxy) is 3. The van der Waals surface area contributed by atoms with Crippen LogP contribution in [0.2, 0.25) is 0 Å². The highest BCUT2D eigenvalue weighted by Crippen LogP contribution is 2.44. The van der Waals surface area contributed by atoms with Gasteiger partial charge in [-0.2, -0.15) is 0 Å². The molecule has 0 atom stereocenters. The monoisotopic (exact) mass is 496 g/mol. The molecule has 4 rings (SSSR count). The summed E-state index contributed by atoms with van der Waals surface area (Å²) in [5.41, 5.74) is 1.07. The lowest BCUT2D eigenvalue weighted by atomic mass is 9.92. The topological polar surface area (TPSA) is 81.1 Å². The van der Waals surface area contributed by atoms with Crippen LogP contribution in [0.4, 0.5) is 4.79 Å². The number of nitrogens with zero attached hydrogens (tertiary/aromatic N) is 2. The van der Waals surface area contributed by atoms with Crippen molar-refractivity contribution in [2.24, 2.45) is 0 Å². The number of piperidine rings is 1. The van der Waals surface area contributed by atoms with E-state index in [-0.39, 0.29) is 6.09 Å². The van der Waals surface area contributed by atoms with E-state index in [1.807, 2.05) is 69.3 Å². The highest BCUT2D eigenvalue weighted by atomic mass is 32.1. The number of hydrogen-bond acceptors (Lipinski definition) is 7. The van der Waals surface area contributed by atoms with Crippen molar-refractivity contribution in [3.05, 3.63) is 53.5 Å². The van der Waals surface area contributed by atoms with Gasteiger partial charge in [-0.3, -0.25) is 0 Å². The zero-order valence-electron chi connectivity index (χ0n) is 20.8. The Labute approximate surface area is 210 Å². The van der Waals surface area contributed by atoms with Gasteiger partial charge < -0.3 is 24.2 Å². The average molecular weight is 497 g/mol. The molecule has 0 radical (unpaired) electrons. The van der Waals surface area contributed by atoms with Gasteiger partial charge in [-0.15, -0.1) is 11.3 Å². The van der Waals surface area contributed by atoms with Crippen LogP contribution in [0.5, 0.6) is 11.5 Å². The highest BCUT2D eigenvalue weighted by molar-refractivity contribution is 7.15. The maximum atomic E-state index is 12.5. The standard InChI is InChI=1S/C27H32N2O5S/c1-26(2,3)34-25(30)29-16-14-27(31,15-17-29)24-28-22(18-6-10-20(32-4)11-7-18)23(35-24)19-8-12-21(33-5)13-9-19/h6-13,31H,14-17H2,1-5H3. The number of thiazole rings is 1. The third-order valence-electron chi connectivity index (χ3n) is 5.98. The summed E-state index contributed by atoms with van der Waals surface area (Å²) in [5, 5.41) is 12.3. The number of hydrogen-bond donors (Lipinski definition) is 1. The third kappa shape index (κ3) is 5.60. The van der Waals surface area contributed by atoms with Gasteiger partial charge in [-0.05, 0) is 74.9 Å². The van der Waals surface area contributed by atoms with Crippen LogP contribution in [0.1, 0.15) is 38.6 Å². The second kappa shape index (κ2) is 9.87. The quantitative estimate of drug-likeness (QED) is 0.487. The summed E-state index contributed by atoms with van der Waals surface area (Å²) < 4.78 is 16.1. The van der Waals surface area contributed by atoms with Gasteiger partial charge >= 0.3 is 6.09 Å². The van der Waals surface area contributed by atoms with Gasteiger partial charge in [0.1, 0.15) is 27.7 Å². The van der Waals surface area contributed by atoms with Crippen molar-refractivity contribution in [3.63, 3.8) is 0 Å². The van der Waals surface area contributed by atoms with Crippen LogP contribution in [0.15, 0.2) is 48.5 Å². The van der Waals surface area contributed by atoms with E-state index >= 15 is 0 Å². The van der Waals surface area contributed by atoms with Crippen molar-refractivity contribution in [1.29, 1.82) is 0 Å². The molecule has 1 N–H and O–H groups in total. The zero-order valence-corrected chi connectivity index (χ0v) is 21.6. The van der Waals surface area contributed by atoms with Crippen molar-refractivity contribution < 1.29 is 24.1 Å². The Kier molecular flexibility index (Phi) is 7.05. The maximum absolute atomic E-state index is 12.5. The normalized spacial score (nSPS) is 15.5. The minimum absolute atomic E-state index is 0.350. The number of methoxy groups -OCH3 is 2. The lowest BCUT2D eigenvalue weighted by Crippen LogP contribution is -2.46. The van der Waals surface area contributed by atoms with Gasteiger partial charge in [-0.1, -0.05) is 0 Å². The second-order valence-corrected chi connectivity index (χ2v) is 10.7. The number of aliphatic hydroxyl groups is 1. The highest BCUT2D eigenvalue weighted by Gasteiger charge is 2.40. The first-order valence-electron chi connectivity index (χ1n) is 11.6. The molecule has 3 aromatic rings. The summed E-state index contributed by atoms with van der Waals surface area (Å²) in [6, 6.07) is 15.6. The molecule has 1 aromatic heterocycles. The minimum Gasteiger partial charge on any atom is -0.497 e. The molecule has 35 heavy (non-hydrogen) atoms. The van der Waals surface area contributed by atoms with Crippen LogP contribution in [0.3, 0.4) is 0 Å². The van der Waals surface area contributed by atoms with E-state index < -0.39 is 11.2 Å². The van der Waals surface area contributed by atoms with Crippen LogP contribution >= 0.6 is 11.3 Å². The minimum atomic E-state index is -1.12. The van der Waals surface area contributed by atoms with Gasteiger partial charge in [0.15, 0.2) is 0 Å². The Morgan fingerprint density at radius 3 is 1.94 bits per heavy atom. The molecule has 0 unspecified atom stereocenters. The Hall–Kier alpha value is -3.10. The Morgan fingerprint density at radius 2 is 1.46 bits per heavy atom. The number of amides is 1. The van der Waals surface area contributed by atoms with Crippen molar-refractivity contribution in [1.82, 2.24) is 9.88 Å². The molecule has 2 heterocycles. The number of likely N-dealkylation sites (tertiary alicyclic amines) is 1. The van der Waals surface area contributed by atoms with Crippen LogP contribution in [-0.4, -0.2) is 54.0 Å². The number of carbonyl (C=O) groups excluding carboxylic acids is 1. The largest absolute Gasteiger partial charge is 0.497 e. The maximum Gasteiger partial charge on any atom is 0.410 e. The molecule has 186 valence electrons. The van der Waals surface area contributed by atoms with Crippen molar-refractivity contribution >= 4 is 17.4 Å². The summed E-state index contributed by atoms with van der Waals surface area (Å²) in [4.78, 5) is 20.0. The summed E-state index contributed by atoms with van der Waals surface area (Å²) in [5.74, 6) is 1.54. The van der Waals surface area contributed by atoms with Crippen LogP contribution in [-0.2, 0) is 10.3 Å². The fraction of sp³-hybridized carbons (Fsp3) is 0.407. The summed E-state index contributed by atoms with van der Waals surface area (Å²) >= 11 is 1.49. The molecule has 7 nitrogen and oxygen atoms in total.